The first kappa shape index (κ1) is 16.4. The van der Waals surface area contributed by atoms with Crippen LogP contribution in [0.1, 0.15) is 28.8 Å². The summed E-state index contributed by atoms with van der Waals surface area (Å²) in [6.45, 7) is 1.47. The fourth-order valence-corrected chi connectivity index (χ4v) is 2.81. The summed E-state index contributed by atoms with van der Waals surface area (Å²) in [5.74, 6) is 1.39. The fraction of sp³-hybridized carbons (Fsp3) is 0.300. The van der Waals surface area contributed by atoms with Gasteiger partial charge in [0.2, 0.25) is 5.91 Å². The van der Waals surface area contributed by atoms with Crippen molar-refractivity contribution in [3.63, 3.8) is 0 Å². The summed E-state index contributed by atoms with van der Waals surface area (Å²) in [4.78, 5) is 24.3. The van der Waals surface area contributed by atoms with Crippen molar-refractivity contribution in [2.45, 2.75) is 19.4 Å². The zero-order chi connectivity index (χ0) is 17.9. The summed E-state index contributed by atoms with van der Waals surface area (Å²) in [6, 6.07) is 12.6. The molecule has 2 aliphatic rings. The zero-order valence-corrected chi connectivity index (χ0v) is 14.3. The van der Waals surface area contributed by atoms with Crippen LogP contribution in [0.15, 0.2) is 42.5 Å². The Kier molecular flexibility index (Phi) is 4.48. The van der Waals surface area contributed by atoms with Crippen LogP contribution in [0, 0.1) is 5.92 Å². The molecule has 1 aliphatic heterocycles. The Bertz CT molecular complexity index is 845. The molecule has 2 aromatic carbocycles. The van der Waals surface area contributed by atoms with Gasteiger partial charge in [0.15, 0.2) is 11.5 Å². The van der Waals surface area contributed by atoms with Crippen LogP contribution in [-0.2, 0) is 11.3 Å². The second kappa shape index (κ2) is 7.07. The third-order valence-electron chi connectivity index (χ3n) is 4.40. The van der Waals surface area contributed by atoms with Gasteiger partial charge in [0.05, 0.1) is 0 Å². The molecule has 1 heterocycles. The summed E-state index contributed by atoms with van der Waals surface area (Å²) in [7, 11) is 0. The first-order valence-electron chi connectivity index (χ1n) is 8.77. The zero-order valence-electron chi connectivity index (χ0n) is 14.3. The van der Waals surface area contributed by atoms with E-state index >= 15 is 0 Å². The van der Waals surface area contributed by atoms with Crippen LogP contribution in [0.5, 0.6) is 11.5 Å². The van der Waals surface area contributed by atoms with E-state index in [1.807, 2.05) is 18.2 Å². The van der Waals surface area contributed by atoms with E-state index in [9.17, 15) is 9.59 Å². The van der Waals surface area contributed by atoms with Gasteiger partial charge in [0.1, 0.15) is 13.2 Å². The lowest BCUT2D eigenvalue weighted by atomic mass is 10.1. The molecule has 6 nitrogen and oxygen atoms in total. The lowest BCUT2D eigenvalue weighted by molar-refractivity contribution is -0.117. The highest BCUT2D eigenvalue weighted by Gasteiger charge is 2.29. The molecule has 0 unspecified atom stereocenters. The molecule has 2 aromatic rings. The van der Waals surface area contributed by atoms with E-state index in [0.717, 1.165) is 24.2 Å². The molecule has 1 aliphatic carbocycles. The Morgan fingerprint density at radius 1 is 1.00 bits per heavy atom. The van der Waals surface area contributed by atoms with Crippen LogP contribution >= 0.6 is 0 Å². The number of carbonyl (C=O) groups is 2. The number of ether oxygens (including phenoxy) is 2. The summed E-state index contributed by atoms with van der Waals surface area (Å²) < 4.78 is 11.0. The average Bonchev–Trinajstić information content (AvgIpc) is 3.51. The summed E-state index contributed by atoms with van der Waals surface area (Å²) in [5, 5.41) is 5.75. The van der Waals surface area contributed by atoms with Gasteiger partial charge < -0.3 is 20.1 Å². The van der Waals surface area contributed by atoms with Gasteiger partial charge in [-0.05, 0) is 48.7 Å². The molecule has 0 aromatic heterocycles. The van der Waals surface area contributed by atoms with Crippen LogP contribution in [-0.4, -0.2) is 25.0 Å². The van der Waals surface area contributed by atoms with Crippen LogP contribution in [0.3, 0.4) is 0 Å². The molecule has 0 spiro atoms. The minimum absolute atomic E-state index is 0.0267. The highest BCUT2D eigenvalue weighted by atomic mass is 16.6. The second-order valence-electron chi connectivity index (χ2n) is 6.51. The third kappa shape index (κ3) is 3.79. The number of hydrogen-bond donors (Lipinski definition) is 2. The fourth-order valence-electron chi connectivity index (χ4n) is 2.81. The maximum Gasteiger partial charge on any atom is 0.251 e. The van der Waals surface area contributed by atoms with Crippen LogP contribution in [0.25, 0.3) is 0 Å². The van der Waals surface area contributed by atoms with Gasteiger partial charge in [0, 0.05) is 23.7 Å². The third-order valence-corrected chi connectivity index (χ3v) is 4.40. The van der Waals surface area contributed by atoms with E-state index in [4.69, 9.17) is 9.47 Å². The predicted molar refractivity (Wildman–Crippen MR) is 96.4 cm³/mol. The van der Waals surface area contributed by atoms with Gasteiger partial charge in [0.25, 0.3) is 5.91 Å². The van der Waals surface area contributed by atoms with Crippen molar-refractivity contribution >= 4 is 17.5 Å². The number of carbonyl (C=O) groups excluding carboxylic acids is 2. The molecule has 134 valence electrons. The van der Waals surface area contributed by atoms with Crippen molar-refractivity contribution in [3.8, 4) is 11.5 Å². The highest BCUT2D eigenvalue weighted by molar-refractivity contribution is 5.98. The molecular weight excluding hydrogens is 332 g/mol. The molecule has 0 saturated heterocycles. The normalized spacial score (nSPS) is 15.2. The van der Waals surface area contributed by atoms with E-state index in [2.05, 4.69) is 10.6 Å². The first-order chi connectivity index (χ1) is 12.7. The highest BCUT2D eigenvalue weighted by Crippen LogP contribution is 2.31. The number of anilines is 1. The smallest absolute Gasteiger partial charge is 0.251 e. The maximum atomic E-state index is 12.4. The summed E-state index contributed by atoms with van der Waals surface area (Å²) >= 11 is 0. The number of rotatable bonds is 5. The van der Waals surface area contributed by atoms with Gasteiger partial charge in [-0.3, -0.25) is 9.59 Å². The number of fused-ring (bicyclic) bond motifs is 1. The lowest BCUT2D eigenvalue weighted by Crippen LogP contribution is -2.23. The Balaban J connectivity index is 1.38. The molecule has 0 radical (unpaired) electrons. The van der Waals surface area contributed by atoms with Crippen LogP contribution < -0.4 is 20.1 Å². The topological polar surface area (TPSA) is 76.7 Å². The Morgan fingerprint density at radius 3 is 2.62 bits per heavy atom. The molecule has 1 fully saturated rings. The van der Waals surface area contributed by atoms with E-state index in [1.165, 1.54) is 0 Å². The van der Waals surface area contributed by atoms with Crippen LogP contribution in [0.4, 0.5) is 5.69 Å². The number of nitrogens with one attached hydrogen (secondary N) is 2. The number of hydrogen-bond acceptors (Lipinski definition) is 4. The minimum atomic E-state index is -0.192. The molecule has 1 saturated carbocycles. The Labute approximate surface area is 151 Å². The van der Waals surface area contributed by atoms with E-state index < -0.39 is 0 Å². The monoisotopic (exact) mass is 352 g/mol. The standard InChI is InChI=1S/C20H20N2O4/c23-19(15-2-1-3-16(11-15)22-20(24)14-5-6-14)21-12-13-4-7-17-18(10-13)26-9-8-25-17/h1-4,7,10-11,14H,5-6,8-9,12H2,(H,21,23)(H,22,24). The summed E-state index contributed by atoms with van der Waals surface area (Å²) in [6.07, 6.45) is 1.89. The van der Waals surface area contributed by atoms with Gasteiger partial charge in [-0.15, -0.1) is 0 Å². The molecule has 2 N–H and O–H groups in total. The molecular formula is C20H20N2O4. The molecule has 6 heteroatoms. The lowest BCUT2D eigenvalue weighted by Gasteiger charge is -2.19. The van der Waals surface area contributed by atoms with Gasteiger partial charge in [-0.2, -0.15) is 0 Å². The summed E-state index contributed by atoms with van der Waals surface area (Å²) in [5.41, 5.74) is 2.09. The molecule has 0 atom stereocenters. The first-order valence-corrected chi connectivity index (χ1v) is 8.77. The van der Waals surface area contributed by atoms with Crippen molar-refractivity contribution in [1.29, 1.82) is 0 Å². The Morgan fingerprint density at radius 2 is 1.81 bits per heavy atom. The number of benzene rings is 2. The molecule has 0 bridgehead atoms. The van der Waals surface area contributed by atoms with Gasteiger partial charge in [-0.1, -0.05) is 12.1 Å². The van der Waals surface area contributed by atoms with Crippen molar-refractivity contribution in [2.75, 3.05) is 18.5 Å². The minimum Gasteiger partial charge on any atom is -0.486 e. The number of amides is 2. The van der Waals surface area contributed by atoms with Gasteiger partial charge >= 0.3 is 0 Å². The van der Waals surface area contributed by atoms with Crippen molar-refractivity contribution in [3.05, 3.63) is 53.6 Å². The maximum absolute atomic E-state index is 12.4. The SMILES string of the molecule is O=C(NCc1ccc2c(c1)OCCO2)c1cccc(NC(=O)C2CC2)c1. The van der Waals surface area contributed by atoms with Crippen molar-refractivity contribution in [1.82, 2.24) is 5.32 Å². The largest absolute Gasteiger partial charge is 0.486 e. The molecule has 4 rings (SSSR count). The predicted octanol–water partition coefficient (Wildman–Crippen LogP) is 2.74. The van der Waals surface area contributed by atoms with E-state index in [1.54, 1.807) is 24.3 Å². The van der Waals surface area contributed by atoms with Gasteiger partial charge in [-0.25, -0.2) is 0 Å². The van der Waals surface area contributed by atoms with Crippen molar-refractivity contribution in [2.24, 2.45) is 5.92 Å². The van der Waals surface area contributed by atoms with Crippen LogP contribution in [0.2, 0.25) is 0 Å². The molecule has 2 amide bonds. The van der Waals surface area contributed by atoms with E-state index in [0.29, 0.717) is 36.8 Å². The average molecular weight is 352 g/mol. The van der Waals surface area contributed by atoms with Crippen molar-refractivity contribution < 1.29 is 19.1 Å². The quantitative estimate of drug-likeness (QED) is 0.867. The Hall–Kier alpha value is -3.02. The molecule has 26 heavy (non-hydrogen) atoms. The van der Waals surface area contributed by atoms with E-state index in [-0.39, 0.29) is 17.7 Å². The second-order valence-corrected chi connectivity index (χ2v) is 6.51.